The van der Waals surface area contributed by atoms with E-state index in [9.17, 15) is 0 Å². The lowest BCUT2D eigenvalue weighted by atomic mass is 9.75. The van der Waals surface area contributed by atoms with Crippen molar-refractivity contribution >= 4 is 6.01 Å². The third kappa shape index (κ3) is 2.35. The molecule has 1 fully saturated rings. The van der Waals surface area contributed by atoms with Crippen molar-refractivity contribution in [3.8, 4) is 0 Å². The van der Waals surface area contributed by atoms with Crippen LogP contribution in [0, 0.1) is 0 Å². The van der Waals surface area contributed by atoms with Gasteiger partial charge in [-0.2, -0.15) is 0 Å². The van der Waals surface area contributed by atoms with Crippen LogP contribution in [0.5, 0.6) is 0 Å². The minimum atomic E-state index is 0.210. The van der Waals surface area contributed by atoms with Gasteiger partial charge >= 0.3 is 6.01 Å². The Labute approximate surface area is 96.0 Å². The van der Waals surface area contributed by atoms with Gasteiger partial charge in [0.25, 0.3) is 0 Å². The second kappa shape index (κ2) is 4.82. The van der Waals surface area contributed by atoms with Crippen LogP contribution in [0.4, 0.5) is 6.01 Å². The summed E-state index contributed by atoms with van der Waals surface area (Å²) in [6.07, 6.45) is 4.81. The van der Waals surface area contributed by atoms with Crippen molar-refractivity contribution < 1.29 is 4.42 Å². The molecular formula is C11H20N4O. The summed E-state index contributed by atoms with van der Waals surface area (Å²) in [6.45, 7) is 5.80. The molecular weight excluding hydrogens is 204 g/mol. The van der Waals surface area contributed by atoms with Gasteiger partial charge in [0.05, 0.1) is 6.54 Å². The Bertz CT molecular complexity index is 327. The third-order valence-electron chi connectivity index (χ3n) is 3.35. The van der Waals surface area contributed by atoms with Crippen LogP contribution in [-0.4, -0.2) is 22.3 Å². The van der Waals surface area contributed by atoms with Crippen LogP contribution in [0.15, 0.2) is 4.42 Å². The number of hydrogen-bond donors (Lipinski definition) is 2. The highest BCUT2D eigenvalue weighted by molar-refractivity contribution is 5.26. The average Bonchev–Trinajstić information content (AvgIpc) is 2.68. The molecule has 0 atom stereocenters. The topological polar surface area (TPSA) is 63.0 Å². The fourth-order valence-electron chi connectivity index (χ4n) is 2.00. The van der Waals surface area contributed by atoms with Crippen LogP contribution >= 0.6 is 0 Å². The summed E-state index contributed by atoms with van der Waals surface area (Å²) in [5, 5.41) is 14.5. The number of nitrogens with zero attached hydrogens (tertiary/aromatic N) is 2. The maximum Gasteiger partial charge on any atom is 0.315 e. The summed E-state index contributed by atoms with van der Waals surface area (Å²) >= 11 is 0. The summed E-state index contributed by atoms with van der Waals surface area (Å²) < 4.78 is 5.52. The third-order valence-corrected chi connectivity index (χ3v) is 3.35. The molecule has 0 amide bonds. The second-order valence-corrected chi connectivity index (χ2v) is 4.39. The van der Waals surface area contributed by atoms with E-state index < -0.39 is 0 Å². The molecule has 2 rings (SSSR count). The molecule has 0 unspecified atom stereocenters. The van der Waals surface area contributed by atoms with Gasteiger partial charge in [-0.15, -0.1) is 5.10 Å². The SMILES string of the molecule is CCNCc1nnc(NC2(CC)CCC2)o1. The number of aromatic nitrogens is 2. The maximum atomic E-state index is 5.52. The van der Waals surface area contributed by atoms with Gasteiger partial charge in [-0.25, -0.2) is 0 Å². The summed E-state index contributed by atoms with van der Waals surface area (Å²) in [5.74, 6) is 0.648. The van der Waals surface area contributed by atoms with Crippen molar-refractivity contribution in [2.24, 2.45) is 0 Å². The van der Waals surface area contributed by atoms with Crippen molar-refractivity contribution in [2.45, 2.75) is 51.6 Å². The number of nitrogens with one attached hydrogen (secondary N) is 2. The van der Waals surface area contributed by atoms with E-state index in [2.05, 4.69) is 34.7 Å². The van der Waals surface area contributed by atoms with Gasteiger partial charge in [-0.05, 0) is 32.2 Å². The summed E-state index contributed by atoms with van der Waals surface area (Å²) in [6, 6.07) is 0.564. The predicted molar refractivity (Wildman–Crippen MR) is 62.2 cm³/mol. The monoisotopic (exact) mass is 224 g/mol. The highest BCUT2D eigenvalue weighted by Gasteiger charge is 2.36. The summed E-state index contributed by atoms with van der Waals surface area (Å²) in [4.78, 5) is 0. The van der Waals surface area contributed by atoms with Crippen LogP contribution in [-0.2, 0) is 6.54 Å². The van der Waals surface area contributed by atoms with E-state index in [0.717, 1.165) is 13.0 Å². The zero-order valence-corrected chi connectivity index (χ0v) is 10.0. The highest BCUT2D eigenvalue weighted by Crippen LogP contribution is 2.37. The number of hydrogen-bond acceptors (Lipinski definition) is 5. The first-order valence-electron chi connectivity index (χ1n) is 6.09. The largest absolute Gasteiger partial charge is 0.407 e. The minimum absolute atomic E-state index is 0.210. The first-order chi connectivity index (χ1) is 7.78. The van der Waals surface area contributed by atoms with Crippen molar-refractivity contribution in [1.82, 2.24) is 15.5 Å². The second-order valence-electron chi connectivity index (χ2n) is 4.39. The van der Waals surface area contributed by atoms with E-state index in [1.807, 2.05) is 0 Å². The van der Waals surface area contributed by atoms with Crippen LogP contribution in [0.2, 0.25) is 0 Å². The van der Waals surface area contributed by atoms with Crippen LogP contribution in [0.3, 0.4) is 0 Å². The molecule has 2 N–H and O–H groups in total. The highest BCUT2D eigenvalue weighted by atomic mass is 16.4. The molecule has 5 nitrogen and oxygen atoms in total. The lowest BCUT2D eigenvalue weighted by Gasteiger charge is -2.41. The Hall–Kier alpha value is -1.10. The zero-order chi connectivity index (χ0) is 11.4. The Kier molecular flexibility index (Phi) is 3.43. The molecule has 0 bridgehead atoms. The fraction of sp³-hybridized carbons (Fsp3) is 0.818. The first-order valence-corrected chi connectivity index (χ1v) is 6.09. The van der Waals surface area contributed by atoms with Gasteiger partial charge in [-0.3, -0.25) is 0 Å². The van der Waals surface area contributed by atoms with E-state index in [-0.39, 0.29) is 5.54 Å². The Balaban J connectivity index is 1.91. The summed E-state index contributed by atoms with van der Waals surface area (Å²) in [5.41, 5.74) is 0.210. The van der Waals surface area contributed by atoms with E-state index in [1.54, 1.807) is 0 Å². The molecule has 1 heterocycles. The van der Waals surface area contributed by atoms with Crippen molar-refractivity contribution in [3.05, 3.63) is 5.89 Å². The van der Waals surface area contributed by atoms with E-state index >= 15 is 0 Å². The lowest BCUT2D eigenvalue weighted by molar-refractivity contribution is 0.261. The normalized spacial score (nSPS) is 18.1. The molecule has 1 aromatic heterocycles. The molecule has 1 aromatic rings. The quantitative estimate of drug-likeness (QED) is 0.773. The first kappa shape index (κ1) is 11.4. The van der Waals surface area contributed by atoms with Crippen molar-refractivity contribution in [3.63, 3.8) is 0 Å². The molecule has 1 saturated carbocycles. The van der Waals surface area contributed by atoms with E-state index in [4.69, 9.17) is 4.42 Å². The van der Waals surface area contributed by atoms with Gasteiger partial charge in [0, 0.05) is 5.54 Å². The molecule has 0 radical (unpaired) electrons. The zero-order valence-electron chi connectivity index (χ0n) is 10.0. The average molecular weight is 224 g/mol. The number of anilines is 1. The van der Waals surface area contributed by atoms with Crippen LogP contribution in [0.1, 0.15) is 45.4 Å². The molecule has 0 aliphatic heterocycles. The standard InChI is InChI=1S/C11H20N4O/c1-3-11(6-5-7-11)13-10-15-14-9(16-10)8-12-4-2/h12H,3-8H2,1-2H3,(H,13,15). The Morgan fingerprint density at radius 1 is 1.31 bits per heavy atom. The van der Waals surface area contributed by atoms with Gasteiger partial charge in [-0.1, -0.05) is 18.9 Å². The molecule has 0 spiro atoms. The van der Waals surface area contributed by atoms with Gasteiger partial charge < -0.3 is 15.1 Å². The summed E-state index contributed by atoms with van der Waals surface area (Å²) in [7, 11) is 0. The molecule has 1 aliphatic rings. The smallest absolute Gasteiger partial charge is 0.315 e. The molecule has 0 saturated heterocycles. The minimum Gasteiger partial charge on any atom is -0.407 e. The van der Waals surface area contributed by atoms with Crippen molar-refractivity contribution in [1.29, 1.82) is 0 Å². The fourth-order valence-corrected chi connectivity index (χ4v) is 2.00. The van der Waals surface area contributed by atoms with E-state index in [1.165, 1.54) is 19.3 Å². The lowest BCUT2D eigenvalue weighted by Crippen LogP contribution is -2.44. The van der Waals surface area contributed by atoms with Gasteiger partial charge in [0.1, 0.15) is 0 Å². The molecule has 5 heteroatoms. The Morgan fingerprint density at radius 2 is 2.12 bits per heavy atom. The van der Waals surface area contributed by atoms with Crippen LogP contribution < -0.4 is 10.6 Å². The Morgan fingerprint density at radius 3 is 2.69 bits per heavy atom. The molecule has 16 heavy (non-hydrogen) atoms. The predicted octanol–water partition coefficient (Wildman–Crippen LogP) is 1.92. The van der Waals surface area contributed by atoms with Crippen molar-refractivity contribution in [2.75, 3.05) is 11.9 Å². The van der Waals surface area contributed by atoms with Gasteiger partial charge in [0.2, 0.25) is 5.89 Å². The maximum absolute atomic E-state index is 5.52. The number of rotatable bonds is 6. The van der Waals surface area contributed by atoms with Gasteiger partial charge in [0.15, 0.2) is 0 Å². The molecule has 0 aromatic carbocycles. The molecule has 90 valence electrons. The molecule has 1 aliphatic carbocycles. The van der Waals surface area contributed by atoms with E-state index in [0.29, 0.717) is 18.5 Å². The van der Waals surface area contributed by atoms with Crippen LogP contribution in [0.25, 0.3) is 0 Å².